The SMILES string of the molecule is CCN1CCC(CNC(=NC)NCc2ccc(C)cc2SC)C1. The normalized spacial score (nSPS) is 19.1. The molecule has 0 aromatic heterocycles. The summed E-state index contributed by atoms with van der Waals surface area (Å²) >= 11 is 1.80. The van der Waals surface area contributed by atoms with Crippen molar-refractivity contribution in [2.75, 3.05) is 39.5 Å². The van der Waals surface area contributed by atoms with Crippen molar-refractivity contribution in [2.24, 2.45) is 10.9 Å². The number of nitrogens with zero attached hydrogens (tertiary/aromatic N) is 2. The summed E-state index contributed by atoms with van der Waals surface area (Å²) in [6, 6.07) is 6.62. The Kier molecular flexibility index (Phi) is 7.24. The summed E-state index contributed by atoms with van der Waals surface area (Å²) in [5.41, 5.74) is 2.63. The first-order valence-electron chi connectivity index (χ1n) is 8.46. The van der Waals surface area contributed by atoms with E-state index in [0.717, 1.165) is 31.5 Å². The van der Waals surface area contributed by atoms with E-state index in [2.05, 4.69) is 58.8 Å². The van der Waals surface area contributed by atoms with Crippen molar-refractivity contribution < 1.29 is 0 Å². The second-order valence-corrected chi connectivity index (χ2v) is 7.02. The summed E-state index contributed by atoms with van der Waals surface area (Å²) in [4.78, 5) is 8.20. The number of hydrogen-bond donors (Lipinski definition) is 2. The Balaban J connectivity index is 1.81. The minimum Gasteiger partial charge on any atom is -0.356 e. The molecule has 0 spiro atoms. The number of aryl methyl sites for hydroxylation is 1. The highest BCUT2D eigenvalue weighted by Crippen LogP contribution is 2.21. The third kappa shape index (κ3) is 5.43. The lowest BCUT2D eigenvalue weighted by Gasteiger charge is -2.17. The highest BCUT2D eigenvalue weighted by Gasteiger charge is 2.20. The van der Waals surface area contributed by atoms with Crippen LogP contribution in [0.25, 0.3) is 0 Å². The van der Waals surface area contributed by atoms with Crippen molar-refractivity contribution in [3.05, 3.63) is 29.3 Å². The predicted octanol–water partition coefficient (Wildman–Crippen LogP) is 2.72. The summed E-state index contributed by atoms with van der Waals surface area (Å²) in [6.45, 7) is 9.78. The van der Waals surface area contributed by atoms with E-state index in [1.54, 1.807) is 11.8 Å². The van der Waals surface area contributed by atoms with Gasteiger partial charge in [0.2, 0.25) is 0 Å². The molecule has 1 saturated heterocycles. The van der Waals surface area contributed by atoms with Crippen molar-refractivity contribution in [2.45, 2.75) is 31.7 Å². The molecular formula is C18H30N4S. The zero-order valence-corrected chi connectivity index (χ0v) is 15.7. The van der Waals surface area contributed by atoms with Gasteiger partial charge in [-0.1, -0.05) is 19.1 Å². The molecule has 1 fully saturated rings. The number of nitrogens with one attached hydrogen (secondary N) is 2. The van der Waals surface area contributed by atoms with E-state index in [9.17, 15) is 0 Å². The average Bonchev–Trinajstić information content (AvgIpc) is 3.04. The van der Waals surface area contributed by atoms with E-state index < -0.39 is 0 Å². The van der Waals surface area contributed by atoms with Crippen LogP contribution in [0.3, 0.4) is 0 Å². The van der Waals surface area contributed by atoms with Crippen molar-refractivity contribution in [1.29, 1.82) is 0 Å². The molecule has 2 rings (SSSR count). The fourth-order valence-corrected chi connectivity index (χ4v) is 3.71. The number of benzene rings is 1. The molecule has 1 aromatic rings. The summed E-state index contributed by atoms with van der Waals surface area (Å²) in [6.07, 6.45) is 3.41. The molecule has 2 N–H and O–H groups in total. The van der Waals surface area contributed by atoms with E-state index in [-0.39, 0.29) is 0 Å². The quantitative estimate of drug-likeness (QED) is 0.477. The first kappa shape index (κ1) is 18.1. The lowest BCUT2D eigenvalue weighted by molar-refractivity contribution is 0.342. The maximum Gasteiger partial charge on any atom is 0.191 e. The largest absolute Gasteiger partial charge is 0.356 e. The van der Waals surface area contributed by atoms with Crippen LogP contribution in [0.15, 0.2) is 28.1 Å². The van der Waals surface area contributed by atoms with Crippen LogP contribution in [-0.2, 0) is 6.54 Å². The van der Waals surface area contributed by atoms with Gasteiger partial charge in [-0.15, -0.1) is 11.8 Å². The first-order chi connectivity index (χ1) is 11.2. The molecule has 128 valence electrons. The van der Waals surface area contributed by atoms with Crippen LogP contribution in [0, 0.1) is 12.8 Å². The van der Waals surface area contributed by atoms with Crippen molar-refractivity contribution in [1.82, 2.24) is 15.5 Å². The molecular weight excluding hydrogens is 304 g/mol. The van der Waals surface area contributed by atoms with Crippen molar-refractivity contribution in [3.8, 4) is 0 Å². The Morgan fingerprint density at radius 2 is 2.22 bits per heavy atom. The Hall–Kier alpha value is -1.20. The molecule has 1 aliphatic rings. The van der Waals surface area contributed by atoms with E-state index >= 15 is 0 Å². The smallest absolute Gasteiger partial charge is 0.191 e. The van der Waals surface area contributed by atoms with Crippen molar-refractivity contribution >= 4 is 17.7 Å². The Morgan fingerprint density at radius 3 is 2.87 bits per heavy atom. The molecule has 0 radical (unpaired) electrons. The Morgan fingerprint density at radius 1 is 1.39 bits per heavy atom. The van der Waals surface area contributed by atoms with Gasteiger partial charge in [-0.05, 0) is 55.8 Å². The van der Waals surface area contributed by atoms with Gasteiger partial charge < -0.3 is 15.5 Å². The van der Waals surface area contributed by atoms with Gasteiger partial charge in [-0.25, -0.2) is 0 Å². The van der Waals surface area contributed by atoms with Gasteiger partial charge in [-0.2, -0.15) is 0 Å². The van der Waals surface area contributed by atoms with E-state index in [1.807, 2.05) is 7.05 Å². The van der Waals surface area contributed by atoms with Crippen LogP contribution in [0.2, 0.25) is 0 Å². The molecule has 23 heavy (non-hydrogen) atoms. The third-order valence-electron chi connectivity index (χ3n) is 4.49. The number of likely N-dealkylation sites (tertiary alicyclic amines) is 1. The molecule has 0 saturated carbocycles. The Labute approximate surface area is 145 Å². The third-order valence-corrected chi connectivity index (χ3v) is 5.31. The van der Waals surface area contributed by atoms with E-state index in [4.69, 9.17) is 0 Å². The lowest BCUT2D eigenvalue weighted by Crippen LogP contribution is -2.40. The minimum absolute atomic E-state index is 0.731. The summed E-state index contributed by atoms with van der Waals surface area (Å²) in [7, 11) is 1.84. The number of aliphatic imine (C=N–C) groups is 1. The first-order valence-corrected chi connectivity index (χ1v) is 9.69. The van der Waals surface area contributed by atoms with Gasteiger partial charge in [0.15, 0.2) is 5.96 Å². The van der Waals surface area contributed by atoms with Gasteiger partial charge in [0.25, 0.3) is 0 Å². The maximum absolute atomic E-state index is 4.35. The number of rotatable bonds is 6. The molecule has 1 aromatic carbocycles. The van der Waals surface area contributed by atoms with Crippen LogP contribution in [0.5, 0.6) is 0 Å². The second-order valence-electron chi connectivity index (χ2n) is 6.17. The van der Waals surface area contributed by atoms with Crippen molar-refractivity contribution in [3.63, 3.8) is 0 Å². The molecule has 1 heterocycles. The molecule has 0 bridgehead atoms. The zero-order chi connectivity index (χ0) is 16.7. The molecule has 1 aliphatic heterocycles. The monoisotopic (exact) mass is 334 g/mol. The maximum atomic E-state index is 4.35. The van der Waals surface area contributed by atoms with E-state index in [0.29, 0.717) is 0 Å². The lowest BCUT2D eigenvalue weighted by atomic mass is 10.1. The molecule has 1 unspecified atom stereocenters. The summed E-state index contributed by atoms with van der Waals surface area (Å²) in [5, 5.41) is 6.92. The average molecular weight is 335 g/mol. The second kappa shape index (κ2) is 9.18. The van der Waals surface area contributed by atoms with Crippen LogP contribution in [0.4, 0.5) is 0 Å². The van der Waals surface area contributed by atoms with Gasteiger partial charge in [-0.3, -0.25) is 4.99 Å². The highest BCUT2D eigenvalue weighted by atomic mass is 32.2. The number of thioether (sulfide) groups is 1. The number of hydrogen-bond acceptors (Lipinski definition) is 3. The minimum atomic E-state index is 0.731. The fraction of sp³-hybridized carbons (Fsp3) is 0.611. The molecule has 5 heteroatoms. The van der Waals surface area contributed by atoms with Gasteiger partial charge in [0.05, 0.1) is 0 Å². The van der Waals surface area contributed by atoms with Crippen LogP contribution in [0.1, 0.15) is 24.5 Å². The number of guanidine groups is 1. The van der Waals surface area contributed by atoms with Crippen LogP contribution in [-0.4, -0.2) is 50.3 Å². The van der Waals surface area contributed by atoms with Gasteiger partial charge in [0.1, 0.15) is 0 Å². The summed E-state index contributed by atoms with van der Waals surface area (Å²) in [5.74, 6) is 1.63. The fourth-order valence-electron chi connectivity index (χ4n) is 3.01. The topological polar surface area (TPSA) is 39.7 Å². The molecule has 4 nitrogen and oxygen atoms in total. The molecule has 0 amide bonds. The Bertz CT molecular complexity index is 530. The van der Waals surface area contributed by atoms with Gasteiger partial charge in [0, 0.05) is 31.6 Å². The van der Waals surface area contributed by atoms with Crippen LogP contribution >= 0.6 is 11.8 Å². The standard InChI is InChI=1S/C18H30N4S/c1-5-22-9-8-15(13-22)11-20-18(19-3)21-12-16-7-6-14(2)10-17(16)23-4/h6-7,10,15H,5,8-9,11-13H2,1-4H3,(H2,19,20,21). The molecule has 0 aliphatic carbocycles. The highest BCUT2D eigenvalue weighted by molar-refractivity contribution is 7.98. The summed E-state index contributed by atoms with van der Waals surface area (Å²) < 4.78 is 0. The van der Waals surface area contributed by atoms with Crippen LogP contribution < -0.4 is 10.6 Å². The molecule has 1 atom stereocenters. The van der Waals surface area contributed by atoms with E-state index in [1.165, 1.54) is 35.5 Å². The zero-order valence-electron chi connectivity index (χ0n) is 14.9. The van der Waals surface area contributed by atoms with Gasteiger partial charge >= 0.3 is 0 Å². The predicted molar refractivity (Wildman–Crippen MR) is 101 cm³/mol.